The summed E-state index contributed by atoms with van der Waals surface area (Å²) in [5, 5.41) is 11.3. The predicted octanol–water partition coefficient (Wildman–Crippen LogP) is 0.591. The Morgan fingerprint density at radius 3 is 2.48 bits per heavy atom. The number of likely N-dealkylation sites (N-methyl/N-ethyl adjacent to an activating group) is 1. The Bertz CT molecular complexity index is 967. The molecule has 3 N–H and O–H groups in total. The van der Waals surface area contributed by atoms with Gasteiger partial charge in [0.1, 0.15) is 50.3 Å². The second-order valence-electron chi connectivity index (χ2n) is 7.66. The number of phenols is 1. The lowest BCUT2D eigenvalue weighted by Gasteiger charge is -2.27. The number of aryl methyl sites for hydroxylation is 1. The van der Waals surface area contributed by atoms with E-state index >= 15 is 0 Å². The molecule has 0 unspecified atom stereocenters. The average Bonchev–Trinajstić information content (AvgIpc) is 3.10. The molecular weight excluding hydrogens is 340 g/mol. The van der Waals surface area contributed by atoms with E-state index in [1.807, 2.05) is 31.2 Å². The van der Waals surface area contributed by atoms with Gasteiger partial charge in [-0.15, -0.1) is 0 Å². The Hall–Kier alpha value is -2.63. The first-order valence-electron chi connectivity index (χ1n) is 9.51. The summed E-state index contributed by atoms with van der Waals surface area (Å²) in [6.07, 6.45) is 1.53. The first kappa shape index (κ1) is 17.8. The van der Waals surface area contributed by atoms with Crippen LogP contribution >= 0.6 is 0 Å². The van der Waals surface area contributed by atoms with Gasteiger partial charge in [0.2, 0.25) is 0 Å². The number of carbonyl (C=O) groups excluding carboxylic acids is 1. The third-order valence-corrected chi connectivity index (χ3v) is 5.62. The van der Waals surface area contributed by atoms with Gasteiger partial charge in [0.15, 0.2) is 5.78 Å². The minimum atomic E-state index is -0.0709. The molecule has 4 rings (SSSR count). The fraction of sp³-hybridized carbons (Fsp3) is 0.318. The minimum Gasteiger partial charge on any atom is -0.507 e. The largest absolute Gasteiger partial charge is 0.507 e. The zero-order chi connectivity index (χ0) is 19.0. The van der Waals surface area contributed by atoms with Crippen LogP contribution in [0.15, 0.2) is 47.1 Å². The Labute approximate surface area is 158 Å². The highest BCUT2D eigenvalue weighted by atomic mass is 16.3. The molecule has 5 heteroatoms. The van der Waals surface area contributed by atoms with Crippen LogP contribution in [0.4, 0.5) is 0 Å². The van der Waals surface area contributed by atoms with Gasteiger partial charge in [0.05, 0.1) is 18.2 Å². The number of hydrogen-bond acceptors (Lipinski definition) is 3. The van der Waals surface area contributed by atoms with Crippen LogP contribution < -0.4 is 9.80 Å². The molecule has 0 saturated carbocycles. The standard InChI is InChI=1S/C22H24N2O3/c1-15-3-5-16(6-4-15)22(26)18-14-27-20-8-7-19(25)17(21(18)20)13-24-11-9-23(2)10-12-24/h3-8,14,25H,9-13H2,1-2H3/p+2. The molecule has 1 aromatic heterocycles. The van der Waals surface area contributed by atoms with Gasteiger partial charge in [-0.1, -0.05) is 29.8 Å². The van der Waals surface area contributed by atoms with Gasteiger partial charge in [0.25, 0.3) is 0 Å². The van der Waals surface area contributed by atoms with Crippen molar-refractivity contribution in [2.45, 2.75) is 13.5 Å². The highest BCUT2D eigenvalue weighted by molar-refractivity contribution is 6.16. The lowest BCUT2D eigenvalue weighted by molar-refractivity contribution is -1.01. The first-order chi connectivity index (χ1) is 13.0. The average molecular weight is 366 g/mol. The maximum atomic E-state index is 13.1. The second kappa shape index (κ2) is 7.18. The first-order valence-corrected chi connectivity index (χ1v) is 9.51. The molecule has 1 aliphatic rings. The fourth-order valence-corrected chi connectivity index (χ4v) is 3.85. The summed E-state index contributed by atoms with van der Waals surface area (Å²) in [5.41, 5.74) is 3.73. The molecule has 2 heterocycles. The highest BCUT2D eigenvalue weighted by Gasteiger charge is 2.26. The zero-order valence-corrected chi connectivity index (χ0v) is 15.8. The van der Waals surface area contributed by atoms with E-state index < -0.39 is 0 Å². The van der Waals surface area contributed by atoms with E-state index in [9.17, 15) is 9.90 Å². The molecule has 0 spiro atoms. The van der Waals surface area contributed by atoms with Crippen LogP contribution in [0.2, 0.25) is 0 Å². The van der Waals surface area contributed by atoms with Crippen LogP contribution in [-0.4, -0.2) is 44.1 Å². The molecule has 1 saturated heterocycles. The maximum Gasteiger partial charge on any atom is 0.196 e. The summed E-state index contributed by atoms with van der Waals surface area (Å²) in [5.74, 6) is 0.166. The van der Waals surface area contributed by atoms with E-state index in [1.165, 1.54) is 11.2 Å². The molecule has 0 atom stereocenters. The lowest BCUT2D eigenvalue weighted by atomic mass is 9.98. The van der Waals surface area contributed by atoms with Gasteiger partial charge in [-0.25, -0.2) is 0 Å². The number of aromatic hydroxyl groups is 1. The summed E-state index contributed by atoms with van der Waals surface area (Å²) in [4.78, 5) is 16.1. The lowest BCUT2D eigenvalue weighted by Crippen LogP contribution is -3.26. The molecule has 0 amide bonds. The van der Waals surface area contributed by atoms with Crippen molar-refractivity contribution in [1.29, 1.82) is 0 Å². The molecule has 1 fully saturated rings. The molecule has 140 valence electrons. The number of piperazine rings is 1. The van der Waals surface area contributed by atoms with E-state index in [2.05, 4.69) is 7.05 Å². The van der Waals surface area contributed by atoms with Crippen molar-refractivity contribution in [1.82, 2.24) is 0 Å². The fourth-order valence-electron chi connectivity index (χ4n) is 3.85. The van der Waals surface area contributed by atoms with Crippen molar-refractivity contribution in [2.75, 3.05) is 33.2 Å². The third kappa shape index (κ3) is 3.48. The summed E-state index contributed by atoms with van der Waals surface area (Å²) < 4.78 is 5.67. The van der Waals surface area contributed by atoms with E-state index in [-0.39, 0.29) is 11.5 Å². The molecule has 0 aliphatic carbocycles. The van der Waals surface area contributed by atoms with E-state index in [1.54, 1.807) is 17.0 Å². The van der Waals surface area contributed by atoms with Gasteiger partial charge in [0, 0.05) is 10.9 Å². The van der Waals surface area contributed by atoms with Gasteiger partial charge in [-0.3, -0.25) is 4.79 Å². The van der Waals surface area contributed by atoms with Crippen LogP contribution in [0, 0.1) is 6.92 Å². The molecule has 0 radical (unpaired) electrons. The van der Waals surface area contributed by atoms with Crippen molar-refractivity contribution < 1.29 is 24.1 Å². The summed E-state index contributed by atoms with van der Waals surface area (Å²) in [6, 6.07) is 11.0. The Kier molecular flexibility index (Phi) is 4.72. The SMILES string of the molecule is Cc1ccc(C(=O)c2coc3ccc(O)c(C[NH+]4CC[NH+](C)CC4)c23)cc1. The van der Waals surface area contributed by atoms with Gasteiger partial charge < -0.3 is 19.3 Å². The predicted molar refractivity (Wildman–Crippen MR) is 104 cm³/mol. The molecule has 1 aliphatic heterocycles. The molecular formula is C22H26N2O3+2. The molecule has 5 nitrogen and oxygen atoms in total. The molecule has 0 bridgehead atoms. The number of ketones is 1. The van der Waals surface area contributed by atoms with Crippen LogP contribution in [-0.2, 0) is 6.54 Å². The summed E-state index contributed by atoms with van der Waals surface area (Å²) in [6.45, 7) is 7.04. The molecule has 2 aromatic carbocycles. The number of benzene rings is 2. The number of hydrogen-bond donors (Lipinski definition) is 3. The number of quaternary nitrogens is 2. The summed E-state index contributed by atoms with van der Waals surface area (Å²) in [7, 11) is 2.21. The zero-order valence-electron chi connectivity index (χ0n) is 15.8. The van der Waals surface area contributed by atoms with E-state index in [0.717, 1.165) is 42.7 Å². The molecule has 3 aromatic rings. The van der Waals surface area contributed by atoms with Crippen LogP contribution in [0.1, 0.15) is 27.0 Å². The van der Waals surface area contributed by atoms with Crippen LogP contribution in [0.5, 0.6) is 5.75 Å². The highest BCUT2D eigenvalue weighted by Crippen LogP contribution is 2.32. The normalized spacial score (nSPS) is 20.1. The van der Waals surface area contributed by atoms with Crippen molar-refractivity contribution in [2.24, 2.45) is 0 Å². The van der Waals surface area contributed by atoms with Crippen molar-refractivity contribution in [3.8, 4) is 5.75 Å². The number of rotatable bonds is 4. The second-order valence-corrected chi connectivity index (χ2v) is 7.66. The maximum absolute atomic E-state index is 13.1. The number of nitrogens with one attached hydrogen (secondary N) is 2. The van der Waals surface area contributed by atoms with E-state index in [4.69, 9.17) is 4.42 Å². The quantitative estimate of drug-likeness (QED) is 0.593. The van der Waals surface area contributed by atoms with Crippen molar-refractivity contribution in [3.05, 3.63) is 64.9 Å². The van der Waals surface area contributed by atoms with Crippen LogP contribution in [0.25, 0.3) is 11.0 Å². The van der Waals surface area contributed by atoms with Gasteiger partial charge in [-0.2, -0.15) is 0 Å². The van der Waals surface area contributed by atoms with E-state index in [0.29, 0.717) is 23.3 Å². The van der Waals surface area contributed by atoms with Gasteiger partial charge in [-0.05, 0) is 19.1 Å². The number of carbonyl (C=O) groups is 1. The van der Waals surface area contributed by atoms with Crippen molar-refractivity contribution >= 4 is 16.8 Å². The van der Waals surface area contributed by atoms with Crippen LogP contribution in [0.3, 0.4) is 0 Å². The Morgan fingerprint density at radius 2 is 1.78 bits per heavy atom. The summed E-state index contributed by atoms with van der Waals surface area (Å²) >= 11 is 0. The Morgan fingerprint density at radius 1 is 1.07 bits per heavy atom. The molecule has 27 heavy (non-hydrogen) atoms. The number of phenolic OH excluding ortho intramolecular Hbond substituents is 1. The number of fused-ring (bicyclic) bond motifs is 1. The number of furan rings is 1. The minimum absolute atomic E-state index is 0.0709. The third-order valence-electron chi connectivity index (χ3n) is 5.62. The van der Waals surface area contributed by atoms with Gasteiger partial charge >= 0.3 is 0 Å². The Balaban J connectivity index is 1.73. The smallest absolute Gasteiger partial charge is 0.196 e. The van der Waals surface area contributed by atoms with Crippen molar-refractivity contribution in [3.63, 3.8) is 0 Å². The topological polar surface area (TPSA) is 59.3 Å². The monoisotopic (exact) mass is 366 g/mol.